The Balaban J connectivity index is 1.45. The van der Waals surface area contributed by atoms with Crippen molar-refractivity contribution in [1.29, 1.82) is 0 Å². The summed E-state index contributed by atoms with van der Waals surface area (Å²) in [5, 5.41) is 6.48. The first-order valence-electron chi connectivity index (χ1n) is 9.56. The van der Waals surface area contributed by atoms with Gasteiger partial charge in [-0.15, -0.1) is 11.3 Å². The molecule has 1 aliphatic heterocycles. The summed E-state index contributed by atoms with van der Waals surface area (Å²) in [4.78, 5) is 9.61. The predicted molar refractivity (Wildman–Crippen MR) is 116 cm³/mol. The van der Waals surface area contributed by atoms with Crippen LogP contribution in [0, 0.1) is 0 Å². The molecule has 3 aromatic rings. The summed E-state index contributed by atoms with van der Waals surface area (Å²) in [6.45, 7) is 6.62. The van der Waals surface area contributed by atoms with E-state index in [-0.39, 0.29) is 0 Å². The zero-order valence-corrected chi connectivity index (χ0v) is 16.8. The van der Waals surface area contributed by atoms with Crippen LogP contribution in [0.4, 0.5) is 16.5 Å². The third-order valence-electron chi connectivity index (χ3n) is 5.12. The lowest BCUT2D eigenvalue weighted by atomic mass is 10.1. The van der Waals surface area contributed by atoms with Gasteiger partial charge in [-0.1, -0.05) is 31.2 Å². The lowest BCUT2D eigenvalue weighted by Gasteiger charge is -2.34. The maximum atomic E-state index is 4.77. The van der Waals surface area contributed by atoms with Crippen molar-refractivity contribution in [3.63, 3.8) is 0 Å². The van der Waals surface area contributed by atoms with Gasteiger partial charge in [0, 0.05) is 48.5 Å². The lowest BCUT2D eigenvalue weighted by molar-refractivity contribution is 0.313. The number of thiazole rings is 1. The smallest absolute Gasteiger partial charge is 0.187 e. The van der Waals surface area contributed by atoms with E-state index in [4.69, 9.17) is 4.98 Å². The molecule has 2 heterocycles. The molecule has 0 atom stereocenters. The van der Waals surface area contributed by atoms with Gasteiger partial charge in [-0.25, -0.2) is 4.98 Å². The number of benzene rings is 2. The van der Waals surface area contributed by atoms with Crippen LogP contribution in [0.5, 0.6) is 0 Å². The fourth-order valence-corrected chi connectivity index (χ4v) is 4.10. The minimum Gasteiger partial charge on any atom is -0.369 e. The maximum Gasteiger partial charge on any atom is 0.187 e. The van der Waals surface area contributed by atoms with Gasteiger partial charge in [0.05, 0.1) is 5.69 Å². The highest BCUT2D eigenvalue weighted by Gasteiger charge is 2.14. The van der Waals surface area contributed by atoms with Crippen molar-refractivity contribution in [2.75, 3.05) is 43.4 Å². The maximum absolute atomic E-state index is 4.77. The van der Waals surface area contributed by atoms with Crippen LogP contribution >= 0.6 is 11.3 Å². The number of aromatic nitrogens is 1. The van der Waals surface area contributed by atoms with Crippen molar-refractivity contribution in [2.45, 2.75) is 13.3 Å². The van der Waals surface area contributed by atoms with Crippen molar-refractivity contribution in [1.82, 2.24) is 9.88 Å². The zero-order valence-electron chi connectivity index (χ0n) is 16.0. The molecule has 0 radical (unpaired) electrons. The zero-order chi connectivity index (χ0) is 18.6. The third kappa shape index (κ3) is 4.31. The van der Waals surface area contributed by atoms with E-state index in [0.29, 0.717) is 0 Å². The van der Waals surface area contributed by atoms with Crippen LogP contribution in [0.15, 0.2) is 53.9 Å². The van der Waals surface area contributed by atoms with Crippen molar-refractivity contribution in [3.8, 4) is 11.3 Å². The molecule has 0 spiro atoms. The molecule has 5 heteroatoms. The van der Waals surface area contributed by atoms with Crippen LogP contribution in [0.25, 0.3) is 11.3 Å². The van der Waals surface area contributed by atoms with E-state index < -0.39 is 0 Å². The second-order valence-corrected chi connectivity index (χ2v) is 7.91. The molecule has 1 N–H and O–H groups in total. The average Bonchev–Trinajstić information content (AvgIpc) is 3.17. The van der Waals surface area contributed by atoms with E-state index in [0.717, 1.165) is 49.1 Å². The van der Waals surface area contributed by atoms with Crippen molar-refractivity contribution in [2.24, 2.45) is 0 Å². The topological polar surface area (TPSA) is 31.4 Å². The highest BCUT2D eigenvalue weighted by atomic mass is 32.1. The van der Waals surface area contributed by atoms with Crippen molar-refractivity contribution >= 4 is 27.8 Å². The quantitative estimate of drug-likeness (QED) is 0.686. The molecule has 27 heavy (non-hydrogen) atoms. The number of likely N-dealkylation sites (N-methyl/N-ethyl adjacent to an activating group) is 1. The Bertz CT molecular complexity index is 879. The molecule has 1 saturated heterocycles. The second-order valence-electron chi connectivity index (χ2n) is 7.05. The van der Waals surface area contributed by atoms with Crippen LogP contribution < -0.4 is 10.2 Å². The molecule has 0 aliphatic carbocycles. The van der Waals surface area contributed by atoms with E-state index >= 15 is 0 Å². The molecule has 1 aliphatic rings. The largest absolute Gasteiger partial charge is 0.369 e. The van der Waals surface area contributed by atoms with Crippen molar-refractivity contribution in [3.05, 3.63) is 59.5 Å². The summed E-state index contributed by atoms with van der Waals surface area (Å²) >= 11 is 1.65. The first kappa shape index (κ1) is 18.0. The van der Waals surface area contributed by atoms with Gasteiger partial charge in [0.15, 0.2) is 5.13 Å². The van der Waals surface area contributed by atoms with Gasteiger partial charge in [0.2, 0.25) is 0 Å². The summed E-state index contributed by atoms with van der Waals surface area (Å²) in [7, 11) is 2.19. The molecule has 0 bridgehead atoms. The highest BCUT2D eigenvalue weighted by molar-refractivity contribution is 7.14. The Labute approximate surface area is 165 Å². The first-order valence-corrected chi connectivity index (χ1v) is 10.4. The van der Waals surface area contributed by atoms with E-state index in [2.05, 4.69) is 83.0 Å². The molecule has 0 saturated carbocycles. The van der Waals surface area contributed by atoms with Crippen molar-refractivity contribution < 1.29 is 0 Å². The van der Waals surface area contributed by atoms with E-state index in [1.165, 1.54) is 16.8 Å². The number of rotatable bonds is 5. The van der Waals surface area contributed by atoms with Gasteiger partial charge in [-0.3, -0.25) is 0 Å². The Morgan fingerprint density at radius 2 is 1.81 bits per heavy atom. The Kier molecular flexibility index (Phi) is 5.41. The fraction of sp³-hybridized carbons (Fsp3) is 0.318. The van der Waals surface area contributed by atoms with E-state index in [9.17, 15) is 0 Å². The summed E-state index contributed by atoms with van der Waals surface area (Å²) in [5.41, 5.74) is 5.92. The van der Waals surface area contributed by atoms with Gasteiger partial charge in [0.1, 0.15) is 0 Å². The van der Waals surface area contributed by atoms with Crippen LogP contribution in [0.3, 0.4) is 0 Å². The number of anilines is 3. The lowest BCUT2D eigenvalue weighted by Crippen LogP contribution is -2.44. The van der Waals surface area contributed by atoms with Gasteiger partial charge < -0.3 is 15.1 Å². The van der Waals surface area contributed by atoms with Gasteiger partial charge >= 0.3 is 0 Å². The Morgan fingerprint density at radius 3 is 2.56 bits per heavy atom. The molecule has 2 aromatic carbocycles. The number of hydrogen-bond donors (Lipinski definition) is 1. The number of piperazine rings is 1. The molecular weight excluding hydrogens is 352 g/mol. The number of nitrogens with one attached hydrogen (secondary N) is 1. The summed E-state index contributed by atoms with van der Waals surface area (Å²) in [5.74, 6) is 0. The van der Waals surface area contributed by atoms with Gasteiger partial charge in [-0.2, -0.15) is 0 Å². The molecule has 1 aromatic heterocycles. The predicted octanol–water partition coefficient (Wildman–Crippen LogP) is 4.87. The number of nitrogens with zero attached hydrogens (tertiary/aromatic N) is 3. The minimum absolute atomic E-state index is 0.932. The van der Waals surface area contributed by atoms with Gasteiger partial charge in [-0.05, 0) is 43.3 Å². The van der Waals surface area contributed by atoms with Crippen LogP contribution in [0.1, 0.15) is 12.5 Å². The molecule has 1 fully saturated rings. The third-order valence-corrected chi connectivity index (χ3v) is 5.88. The van der Waals surface area contributed by atoms with E-state index in [1.807, 2.05) is 0 Å². The van der Waals surface area contributed by atoms with Crippen LogP contribution in [-0.4, -0.2) is 43.1 Å². The second kappa shape index (κ2) is 8.11. The normalized spacial score (nSPS) is 15.1. The standard InChI is InChI=1S/C22H26N4S/c1-3-17-5-4-6-19(15-17)23-22-24-21(16-27-22)18-7-9-20(10-8-18)26-13-11-25(2)12-14-26/h4-10,15-16H,3,11-14H2,1-2H3,(H,23,24). The molecule has 140 valence electrons. The Morgan fingerprint density at radius 1 is 1.04 bits per heavy atom. The molecule has 4 nitrogen and oxygen atoms in total. The van der Waals surface area contributed by atoms with Gasteiger partial charge in [0.25, 0.3) is 0 Å². The molecule has 0 unspecified atom stereocenters. The molecular formula is C22H26N4S. The Hall–Kier alpha value is -2.37. The number of hydrogen-bond acceptors (Lipinski definition) is 5. The SMILES string of the molecule is CCc1cccc(Nc2nc(-c3ccc(N4CCN(C)CC4)cc3)cs2)c1. The van der Waals surface area contributed by atoms with Crippen LogP contribution in [-0.2, 0) is 6.42 Å². The summed E-state index contributed by atoms with van der Waals surface area (Å²) in [6.07, 6.45) is 1.04. The molecule has 4 rings (SSSR count). The monoisotopic (exact) mass is 378 g/mol. The minimum atomic E-state index is 0.932. The first-order chi connectivity index (χ1) is 13.2. The summed E-state index contributed by atoms with van der Waals surface area (Å²) < 4.78 is 0. The highest BCUT2D eigenvalue weighted by Crippen LogP contribution is 2.29. The average molecular weight is 379 g/mol. The van der Waals surface area contributed by atoms with Crippen LogP contribution in [0.2, 0.25) is 0 Å². The summed E-state index contributed by atoms with van der Waals surface area (Å²) in [6, 6.07) is 17.3. The van der Waals surface area contributed by atoms with E-state index in [1.54, 1.807) is 11.3 Å². The fourth-order valence-electron chi connectivity index (χ4n) is 3.36. The molecule has 0 amide bonds. The number of aryl methyl sites for hydroxylation is 1.